The number of Topliss-reactive ketones (excluding diaryl/α,β-unsaturated/α-hetero) is 1. The Bertz CT molecular complexity index is 1440. The number of esters is 1. The van der Waals surface area contributed by atoms with E-state index in [1.807, 2.05) is 36.1 Å². The Morgan fingerprint density at radius 2 is 1.54 bits per heavy atom. The van der Waals surface area contributed by atoms with Crippen molar-refractivity contribution in [1.82, 2.24) is 4.57 Å². The number of allylic oxidation sites excluding steroid dienone is 2. The molecule has 0 unspecified atom stereocenters. The van der Waals surface area contributed by atoms with Crippen molar-refractivity contribution in [3.63, 3.8) is 0 Å². The molecule has 4 rings (SSSR count). The van der Waals surface area contributed by atoms with Crippen LogP contribution >= 0.6 is 0 Å². The van der Waals surface area contributed by atoms with Crippen molar-refractivity contribution in [2.45, 2.75) is 48.5 Å². The fourth-order valence-corrected chi connectivity index (χ4v) is 4.77. The average molecular weight is 469 g/mol. The van der Waals surface area contributed by atoms with Crippen LogP contribution in [0.5, 0.6) is 0 Å². The highest BCUT2D eigenvalue weighted by Crippen LogP contribution is 2.37. The molecule has 0 N–H and O–H groups in total. The van der Waals surface area contributed by atoms with Crippen molar-refractivity contribution in [2.75, 3.05) is 12.0 Å². The van der Waals surface area contributed by atoms with Gasteiger partial charge in [-0.3, -0.25) is 4.79 Å². The number of ketones is 1. The predicted molar refractivity (Wildman–Crippen MR) is 141 cm³/mol. The molecular weight excluding hydrogens is 436 g/mol. The lowest BCUT2D eigenvalue weighted by Gasteiger charge is -2.22. The second-order valence-electron chi connectivity index (χ2n) is 9.37. The van der Waals surface area contributed by atoms with Gasteiger partial charge in [-0.15, -0.1) is 0 Å². The summed E-state index contributed by atoms with van der Waals surface area (Å²) in [7, 11) is 1.30. The molecule has 0 fully saturated rings. The predicted octanol–water partition coefficient (Wildman–Crippen LogP) is 6.21. The van der Waals surface area contributed by atoms with E-state index in [1.165, 1.54) is 18.2 Å². The van der Waals surface area contributed by atoms with Gasteiger partial charge in [0.2, 0.25) is 5.78 Å². The molecule has 2 aromatic carbocycles. The lowest BCUT2D eigenvalue weighted by molar-refractivity contribution is -0.137. The third kappa shape index (κ3) is 4.12. The molecular formula is C30H32N2O3. The number of hydrogen-bond donors (Lipinski definition) is 0. The highest BCUT2D eigenvalue weighted by Gasteiger charge is 2.38. The number of aromatic nitrogens is 1. The largest absolute Gasteiger partial charge is 0.465 e. The first-order valence-corrected chi connectivity index (χ1v) is 11.7. The Kier molecular flexibility index (Phi) is 6.28. The Morgan fingerprint density at radius 3 is 2.20 bits per heavy atom. The molecule has 0 saturated carbocycles. The fourth-order valence-electron chi connectivity index (χ4n) is 4.77. The van der Waals surface area contributed by atoms with Crippen LogP contribution in [0.2, 0.25) is 0 Å². The first-order valence-electron chi connectivity index (χ1n) is 11.7. The standard InChI is InChI=1S/C30H32N2O3/c1-17-9-10-19(3)26(13-17)31-21(5)15-24(22(31)6)16-27-29(33)28(30(34)35-8)23(7)32(27)25-12-11-18(2)20(4)14-25/h9-16H,1-8H3/b27-16-. The van der Waals surface area contributed by atoms with Crippen LogP contribution in [0.25, 0.3) is 11.8 Å². The molecule has 2 heterocycles. The van der Waals surface area contributed by atoms with Crippen LogP contribution in [-0.4, -0.2) is 23.4 Å². The molecule has 0 bridgehead atoms. The summed E-state index contributed by atoms with van der Waals surface area (Å²) in [6.45, 7) is 14.2. The minimum atomic E-state index is -0.620. The second kappa shape index (κ2) is 9.06. The van der Waals surface area contributed by atoms with Gasteiger partial charge in [-0.05, 0) is 107 Å². The van der Waals surface area contributed by atoms with E-state index in [0.717, 1.165) is 39.5 Å². The number of rotatable bonds is 4. The number of aryl methyl sites for hydroxylation is 5. The van der Waals surface area contributed by atoms with Gasteiger partial charge in [0.1, 0.15) is 5.57 Å². The zero-order chi connectivity index (χ0) is 25.6. The number of methoxy groups -OCH3 is 1. The van der Waals surface area contributed by atoms with Crippen LogP contribution in [0.4, 0.5) is 5.69 Å². The lowest BCUT2D eigenvalue weighted by Crippen LogP contribution is -2.18. The number of hydrogen-bond acceptors (Lipinski definition) is 4. The smallest absolute Gasteiger partial charge is 0.343 e. The zero-order valence-corrected chi connectivity index (χ0v) is 21.7. The summed E-state index contributed by atoms with van der Waals surface area (Å²) in [4.78, 5) is 28.0. The summed E-state index contributed by atoms with van der Waals surface area (Å²) < 4.78 is 7.17. The van der Waals surface area contributed by atoms with E-state index in [1.54, 1.807) is 6.92 Å². The summed E-state index contributed by atoms with van der Waals surface area (Å²) in [5, 5.41) is 0. The summed E-state index contributed by atoms with van der Waals surface area (Å²) in [5.74, 6) is -0.949. The van der Waals surface area contributed by atoms with Crippen molar-refractivity contribution >= 4 is 23.5 Å². The molecule has 5 heteroatoms. The Labute approximate surface area is 207 Å². The molecule has 1 aromatic heterocycles. The van der Waals surface area contributed by atoms with E-state index in [9.17, 15) is 9.59 Å². The van der Waals surface area contributed by atoms with Crippen LogP contribution in [0.1, 0.15) is 46.1 Å². The van der Waals surface area contributed by atoms with Gasteiger partial charge in [0.05, 0.1) is 12.8 Å². The Hall–Kier alpha value is -3.86. The molecule has 0 amide bonds. The summed E-state index contributed by atoms with van der Waals surface area (Å²) in [5.41, 5.74) is 10.7. The van der Waals surface area contributed by atoms with E-state index in [-0.39, 0.29) is 11.4 Å². The number of nitrogens with zero attached hydrogens (tertiary/aromatic N) is 2. The second-order valence-corrected chi connectivity index (χ2v) is 9.37. The van der Waals surface area contributed by atoms with E-state index in [2.05, 4.69) is 63.5 Å². The van der Waals surface area contributed by atoms with Gasteiger partial charge < -0.3 is 14.2 Å². The number of benzene rings is 2. The number of carbonyl (C=O) groups is 2. The van der Waals surface area contributed by atoms with E-state index in [4.69, 9.17) is 4.74 Å². The van der Waals surface area contributed by atoms with Crippen molar-refractivity contribution in [2.24, 2.45) is 0 Å². The lowest BCUT2D eigenvalue weighted by atomic mass is 10.1. The van der Waals surface area contributed by atoms with Gasteiger partial charge in [-0.1, -0.05) is 18.2 Å². The quantitative estimate of drug-likeness (QED) is 0.260. The maximum absolute atomic E-state index is 13.6. The third-order valence-corrected chi connectivity index (χ3v) is 6.90. The number of carbonyl (C=O) groups excluding carboxylic acids is 2. The third-order valence-electron chi connectivity index (χ3n) is 6.90. The van der Waals surface area contributed by atoms with Gasteiger partial charge in [-0.25, -0.2) is 4.79 Å². The molecule has 5 nitrogen and oxygen atoms in total. The molecule has 1 aliphatic rings. The topological polar surface area (TPSA) is 51.5 Å². The molecule has 0 aliphatic carbocycles. The first-order chi connectivity index (χ1) is 16.5. The SMILES string of the molecule is COC(=O)C1=C(C)N(c2ccc(C)c(C)c2)/C(=C\c2cc(C)n(-c3cc(C)ccc3C)c2C)C1=O. The highest BCUT2D eigenvalue weighted by atomic mass is 16.5. The van der Waals surface area contributed by atoms with E-state index in [0.29, 0.717) is 11.4 Å². The first kappa shape index (κ1) is 24.3. The van der Waals surface area contributed by atoms with E-state index >= 15 is 0 Å². The monoisotopic (exact) mass is 468 g/mol. The summed E-state index contributed by atoms with van der Waals surface area (Å²) in [6, 6.07) is 14.5. The van der Waals surface area contributed by atoms with Gasteiger partial charge in [-0.2, -0.15) is 0 Å². The van der Waals surface area contributed by atoms with Crippen LogP contribution in [0, 0.1) is 41.5 Å². The minimum absolute atomic E-state index is 0.0697. The molecule has 35 heavy (non-hydrogen) atoms. The van der Waals surface area contributed by atoms with Gasteiger partial charge in [0, 0.05) is 28.5 Å². The Balaban J connectivity index is 1.90. The molecule has 180 valence electrons. The van der Waals surface area contributed by atoms with Gasteiger partial charge in [0.15, 0.2) is 0 Å². The fraction of sp³-hybridized carbons (Fsp3) is 0.267. The molecule has 0 atom stereocenters. The number of ether oxygens (including phenoxy) is 1. The van der Waals surface area contributed by atoms with E-state index < -0.39 is 5.97 Å². The average Bonchev–Trinajstić information content (AvgIpc) is 3.23. The highest BCUT2D eigenvalue weighted by molar-refractivity contribution is 6.30. The molecule has 1 aliphatic heterocycles. The van der Waals surface area contributed by atoms with Crippen molar-refractivity contribution < 1.29 is 14.3 Å². The van der Waals surface area contributed by atoms with Gasteiger partial charge >= 0.3 is 5.97 Å². The van der Waals surface area contributed by atoms with Crippen LogP contribution in [0.15, 0.2) is 59.4 Å². The van der Waals surface area contributed by atoms with Gasteiger partial charge in [0.25, 0.3) is 0 Å². The Morgan fingerprint density at radius 1 is 0.857 bits per heavy atom. The molecule has 0 saturated heterocycles. The summed E-state index contributed by atoms with van der Waals surface area (Å²) in [6.07, 6.45) is 1.89. The molecule has 3 aromatic rings. The minimum Gasteiger partial charge on any atom is -0.465 e. The van der Waals surface area contributed by atoms with Crippen molar-refractivity contribution in [1.29, 1.82) is 0 Å². The maximum atomic E-state index is 13.6. The zero-order valence-electron chi connectivity index (χ0n) is 21.7. The van der Waals surface area contributed by atoms with Crippen LogP contribution < -0.4 is 4.90 Å². The summed E-state index contributed by atoms with van der Waals surface area (Å²) >= 11 is 0. The normalized spacial score (nSPS) is 14.9. The molecule has 0 radical (unpaired) electrons. The maximum Gasteiger partial charge on any atom is 0.343 e. The van der Waals surface area contributed by atoms with Crippen molar-refractivity contribution in [3.05, 3.63) is 98.6 Å². The van der Waals surface area contributed by atoms with Crippen LogP contribution in [0.3, 0.4) is 0 Å². The molecule has 0 spiro atoms. The number of anilines is 1. The van der Waals surface area contributed by atoms with Crippen molar-refractivity contribution in [3.8, 4) is 5.69 Å². The van der Waals surface area contributed by atoms with Crippen LogP contribution in [-0.2, 0) is 14.3 Å².